The Morgan fingerprint density at radius 3 is 1.74 bits per heavy atom. The molecule has 0 spiro atoms. The van der Waals surface area contributed by atoms with Crippen molar-refractivity contribution in [1.82, 2.24) is 0 Å². The molecule has 0 N–H and O–H groups in total. The number of benzene rings is 6. The molecule has 53 heavy (non-hydrogen) atoms. The van der Waals surface area contributed by atoms with Crippen LogP contribution < -0.4 is 4.90 Å². The minimum atomic E-state index is -0.139. The van der Waals surface area contributed by atoms with Gasteiger partial charge in [-0.3, -0.25) is 0 Å². The van der Waals surface area contributed by atoms with E-state index in [9.17, 15) is 0 Å². The first-order valence-corrected chi connectivity index (χ1v) is 20.4. The molecule has 6 aromatic rings. The largest absolute Gasteiger partial charge is 0.310 e. The Morgan fingerprint density at radius 1 is 0.491 bits per heavy atom. The van der Waals surface area contributed by atoms with Crippen LogP contribution in [0, 0.1) is 5.92 Å². The summed E-state index contributed by atoms with van der Waals surface area (Å²) < 4.78 is 0. The van der Waals surface area contributed by atoms with Crippen LogP contribution in [0.5, 0.6) is 0 Å². The third kappa shape index (κ3) is 5.58. The van der Waals surface area contributed by atoms with E-state index in [-0.39, 0.29) is 5.41 Å². The molecule has 4 aliphatic rings. The fraction of sp³-hybridized carbons (Fsp3) is 0.308. The van der Waals surface area contributed by atoms with Gasteiger partial charge in [0.15, 0.2) is 0 Å². The van der Waals surface area contributed by atoms with Gasteiger partial charge in [0.05, 0.1) is 0 Å². The van der Waals surface area contributed by atoms with Crippen LogP contribution in [0.4, 0.5) is 17.1 Å². The second-order valence-electron chi connectivity index (χ2n) is 17.3. The second-order valence-corrected chi connectivity index (χ2v) is 17.3. The van der Waals surface area contributed by atoms with Crippen LogP contribution in [-0.4, -0.2) is 0 Å². The van der Waals surface area contributed by atoms with Gasteiger partial charge in [0.25, 0.3) is 0 Å². The molecule has 4 aliphatic carbocycles. The summed E-state index contributed by atoms with van der Waals surface area (Å²) in [5.41, 5.74) is 17.7. The molecule has 0 aliphatic heterocycles. The summed E-state index contributed by atoms with van der Waals surface area (Å²) in [5.74, 6) is 1.65. The van der Waals surface area contributed by atoms with Gasteiger partial charge in [0, 0.05) is 22.5 Å². The van der Waals surface area contributed by atoms with Gasteiger partial charge in [0.1, 0.15) is 0 Å². The maximum atomic E-state index is 2.51. The van der Waals surface area contributed by atoms with Gasteiger partial charge in [-0.05, 0) is 160 Å². The van der Waals surface area contributed by atoms with E-state index in [0.29, 0.717) is 11.3 Å². The van der Waals surface area contributed by atoms with Gasteiger partial charge in [-0.15, -0.1) is 0 Å². The van der Waals surface area contributed by atoms with E-state index < -0.39 is 0 Å². The van der Waals surface area contributed by atoms with Gasteiger partial charge >= 0.3 is 0 Å². The molecule has 0 heterocycles. The molecular weight excluding hydrogens is 639 g/mol. The summed E-state index contributed by atoms with van der Waals surface area (Å²) in [6.07, 6.45) is 13.7. The minimum absolute atomic E-state index is 0.139. The zero-order chi connectivity index (χ0) is 35.6. The van der Waals surface area contributed by atoms with Crippen molar-refractivity contribution in [3.8, 4) is 33.4 Å². The normalized spacial score (nSPS) is 21.4. The van der Waals surface area contributed by atoms with Crippen LogP contribution in [0.2, 0.25) is 0 Å². The molecule has 6 aromatic carbocycles. The Bertz CT molecular complexity index is 2260. The average molecular weight is 690 g/mol. The van der Waals surface area contributed by atoms with Crippen LogP contribution in [0.1, 0.15) is 106 Å². The number of anilines is 3. The summed E-state index contributed by atoms with van der Waals surface area (Å²) in [4.78, 5) is 2.51. The molecule has 0 amide bonds. The molecule has 0 saturated heterocycles. The van der Waals surface area contributed by atoms with E-state index in [2.05, 4.69) is 158 Å². The molecule has 10 rings (SSSR count). The third-order valence-electron chi connectivity index (χ3n) is 13.9. The zero-order valence-electron chi connectivity index (χ0n) is 31.5. The van der Waals surface area contributed by atoms with E-state index in [1.807, 2.05) is 0 Å². The maximum Gasteiger partial charge on any atom is 0.0465 e. The smallest absolute Gasteiger partial charge is 0.0465 e. The predicted molar refractivity (Wildman–Crippen MR) is 224 cm³/mol. The van der Waals surface area contributed by atoms with Gasteiger partial charge < -0.3 is 4.90 Å². The van der Waals surface area contributed by atoms with Crippen LogP contribution in [0.15, 0.2) is 140 Å². The van der Waals surface area contributed by atoms with Gasteiger partial charge in [-0.25, -0.2) is 0 Å². The molecule has 0 aromatic heterocycles. The van der Waals surface area contributed by atoms with Crippen molar-refractivity contribution in [1.29, 1.82) is 0 Å². The molecule has 3 fully saturated rings. The van der Waals surface area contributed by atoms with Gasteiger partial charge in [-0.1, -0.05) is 130 Å². The fourth-order valence-electron chi connectivity index (χ4n) is 11.0. The first-order valence-electron chi connectivity index (χ1n) is 20.4. The molecule has 0 unspecified atom stereocenters. The molecular formula is C52H51N. The van der Waals surface area contributed by atoms with Crippen molar-refractivity contribution < 1.29 is 0 Å². The average Bonchev–Trinajstić information content (AvgIpc) is 3.91. The topological polar surface area (TPSA) is 3.24 Å². The number of nitrogens with zero attached hydrogens (tertiary/aromatic N) is 1. The van der Waals surface area contributed by atoms with Crippen molar-refractivity contribution in [2.75, 3.05) is 4.90 Å². The monoisotopic (exact) mass is 689 g/mol. The minimum Gasteiger partial charge on any atom is -0.310 e. The lowest BCUT2D eigenvalue weighted by molar-refractivity contribution is 0.419. The highest BCUT2D eigenvalue weighted by Gasteiger charge is 2.45. The summed E-state index contributed by atoms with van der Waals surface area (Å²) in [5, 5.41) is 0. The highest BCUT2D eigenvalue weighted by molar-refractivity contribution is 5.90. The van der Waals surface area contributed by atoms with E-state index in [0.717, 1.165) is 5.92 Å². The highest BCUT2D eigenvalue weighted by Crippen LogP contribution is 2.56. The van der Waals surface area contributed by atoms with Crippen molar-refractivity contribution in [3.63, 3.8) is 0 Å². The summed E-state index contributed by atoms with van der Waals surface area (Å²) >= 11 is 0. The predicted octanol–water partition coefficient (Wildman–Crippen LogP) is 14.7. The van der Waals surface area contributed by atoms with E-state index in [1.165, 1.54) is 131 Å². The van der Waals surface area contributed by atoms with E-state index in [1.54, 1.807) is 5.56 Å². The molecule has 0 radical (unpaired) electrons. The second kappa shape index (κ2) is 12.9. The van der Waals surface area contributed by atoms with Crippen molar-refractivity contribution in [3.05, 3.63) is 162 Å². The van der Waals surface area contributed by atoms with Gasteiger partial charge in [-0.2, -0.15) is 0 Å². The maximum absolute atomic E-state index is 2.51. The van der Waals surface area contributed by atoms with Gasteiger partial charge in [0.2, 0.25) is 0 Å². The summed E-state index contributed by atoms with van der Waals surface area (Å²) in [6.45, 7) is 4.84. The Labute approximate surface area is 316 Å². The molecule has 0 atom stereocenters. The van der Waals surface area contributed by atoms with Crippen LogP contribution in [0.3, 0.4) is 0 Å². The first kappa shape index (κ1) is 32.7. The molecule has 1 nitrogen and oxygen atoms in total. The lowest BCUT2D eigenvalue weighted by atomic mass is 9.78. The standard InChI is InChI=1S/C52H51N/c1-51(2)49-33-40(46-16-10-9-15-45(46)39-13-7-4-8-14-39)19-27-47(49)48-28-26-44(34-50(48)51)53(42-22-17-38(18-23-42)37-11-5-3-6-12-37)43-24-20-41(21-25-43)52-31-29-36(35-52)30-32-52/h4,7-10,13-28,33-34,36-37H,3,5-6,11-12,29-32,35H2,1-2H3. The Kier molecular flexibility index (Phi) is 7.97. The quantitative estimate of drug-likeness (QED) is 0.161. The Hall–Kier alpha value is -4.88. The first-order chi connectivity index (χ1) is 26.0. The zero-order valence-corrected chi connectivity index (χ0v) is 31.5. The molecule has 264 valence electrons. The van der Waals surface area contributed by atoms with Crippen LogP contribution in [0.25, 0.3) is 33.4 Å². The molecule has 1 heteroatoms. The van der Waals surface area contributed by atoms with E-state index >= 15 is 0 Å². The third-order valence-corrected chi connectivity index (χ3v) is 13.9. The lowest BCUT2D eigenvalue weighted by Gasteiger charge is -2.31. The van der Waals surface area contributed by atoms with Crippen molar-refractivity contribution in [2.45, 2.75) is 94.8 Å². The highest BCUT2D eigenvalue weighted by atomic mass is 15.1. The molecule has 3 saturated carbocycles. The van der Waals surface area contributed by atoms with Crippen molar-refractivity contribution >= 4 is 17.1 Å². The number of rotatable bonds is 7. The van der Waals surface area contributed by atoms with Crippen LogP contribution in [-0.2, 0) is 10.8 Å². The van der Waals surface area contributed by atoms with E-state index in [4.69, 9.17) is 0 Å². The van der Waals surface area contributed by atoms with Crippen LogP contribution >= 0.6 is 0 Å². The number of hydrogen-bond donors (Lipinski definition) is 0. The Morgan fingerprint density at radius 2 is 1.08 bits per heavy atom. The number of hydrogen-bond acceptors (Lipinski definition) is 1. The fourth-order valence-corrected chi connectivity index (χ4v) is 11.0. The SMILES string of the molecule is CC1(C)c2cc(-c3ccccc3-c3ccccc3)ccc2-c2ccc(N(c3ccc(C4CCCCC4)cc3)c3ccc(C45CCC(CC4)C5)cc3)cc21. The molecule has 2 bridgehead atoms. The summed E-state index contributed by atoms with van der Waals surface area (Å²) in [7, 11) is 0. The summed E-state index contributed by atoms with van der Waals surface area (Å²) in [6, 6.07) is 53.4. The van der Waals surface area contributed by atoms with Crippen molar-refractivity contribution in [2.24, 2.45) is 5.92 Å². The lowest BCUT2D eigenvalue weighted by Crippen LogP contribution is -2.20. The number of fused-ring (bicyclic) bond motifs is 5. The Balaban J connectivity index is 1.03.